The van der Waals surface area contributed by atoms with Crippen LogP contribution in [0.2, 0.25) is 0 Å². The van der Waals surface area contributed by atoms with Crippen LogP contribution >= 0.6 is 0 Å². The van der Waals surface area contributed by atoms with Crippen molar-refractivity contribution in [2.45, 2.75) is 79.1 Å². The lowest BCUT2D eigenvalue weighted by Crippen LogP contribution is -1.91. The molecule has 122 valence electrons. The van der Waals surface area contributed by atoms with Crippen LogP contribution in [0.4, 0.5) is 0 Å². The first-order chi connectivity index (χ1) is 10.6. The molecule has 0 aromatic carbocycles. The van der Waals surface area contributed by atoms with Crippen molar-refractivity contribution in [1.82, 2.24) is 20.4 Å². The van der Waals surface area contributed by atoms with E-state index in [0.717, 1.165) is 0 Å². The molecule has 2 heterocycles. The van der Waals surface area contributed by atoms with Crippen LogP contribution in [0.15, 0.2) is 0 Å². The van der Waals surface area contributed by atoms with E-state index in [1.807, 2.05) is 0 Å². The molecule has 4 nitrogen and oxygen atoms in total. The van der Waals surface area contributed by atoms with Crippen LogP contribution in [0.5, 0.6) is 0 Å². The van der Waals surface area contributed by atoms with E-state index in [1.165, 1.54) is 85.3 Å². The highest BCUT2D eigenvalue weighted by Gasteiger charge is 2.06. The zero-order valence-corrected chi connectivity index (χ0v) is 14.6. The molecule has 2 aromatic heterocycles. The van der Waals surface area contributed by atoms with E-state index in [9.17, 15) is 0 Å². The van der Waals surface area contributed by atoms with Gasteiger partial charge in [0.05, 0.1) is 11.4 Å². The number of rotatable bonds is 9. The molecule has 2 N–H and O–H groups in total. The summed E-state index contributed by atoms with van der Waals surface area (Å²) in [4.78, 5) is 0. The second kappa shape index (κ2) is 8.16. The molecule has 0 bridgehead atoms. The van der Waals surface area contributed by atoms with Crippen LogP contribution in [0.25, 0.3) is 0 Å². The van der Waals surface area contributed by atoms with Gasteiger partial charge in [-0.15, -0.1) is 0 Å². The second-order valence-electron chi connectivity index (χ2n) is 6.45. The number of aromatic nitrogens is 4. The van der Waals surface area contributed by atoms with Crippen LogP contribution in [0.1, 0.15) is 72.4 Å². The van der Waals surface area contributed by atoms with Gasteiger partial charge in [0.25, 0.3) is 0 Å². The average molecular weight is 302 g/mol. The highest BCUT2D eigenvalue weighted by atomic mass is 15.1. The summed E-state index contributed by atoms with van der Waals surface area (Å²) in [5.74, 6) is 0. The topological polar surface area (TPSA) is 57.4 Å². The molecule has 22 heavy (non-hydrogen) atoms. The lowest BCUT2D eigenvalue weighted by Gasteiger charge is -2.04. The first kappa shape index (κ1) is 16.8. The van der Waals surface area contributed by atoms with Crippen molar-refractivity contribution < 1.29 is 0 Å². The fourth-order valence-corrected chi connectivity index (χ4v) is 3.20. The fourth-order valence-electron chi connectivity index (χ4n) is 3.20. The summed E-state index contributed by atoms with van der Waals surface area (Å²) in [5, 5.41) is 14.7. The van der Waals surface area contributed by atoms with Gasteiger partial charge in [-0.3, -0.25) is 10.2 Å². The predicted molar refractivity (Wildman–Crippen MR) is 91.2 cm³/mol. The third kappa shape index (κ3) is 4.46. The molecule has 4 heteroatoms. The van der Waals surface area contributed by atoms with Crippen LogP contribution in [0.3, 0.4) is 0 Å². The van der Waals surface area contributed by atoms with Gasteiger partial charge >= 0.3 is 0 Å². The van der Waals surface area contributed by atoms with Gasteiger partial charge in [-0.05, 0) is 64.5 Å². The Kier molecular flexibility index (Phi) is 6.22. The van der Waals surface area contributed by atoms with Gasteiger partial charge in [0.15, 0.2) is 0 Å². The largest absolute Gasteiger partial charge is 0.282 e. The smallest absolute Gasteiger partial charge is 0.0625 e. The van der Waals surface area contributed by atoms with Gasteiger partial charge in [-0.25, -0.2) is 0 Å². The van der Waals surface area contributed by atoms with Crippen LogP contribution < -0.4 is 0 Å². The first-order valence-corrected chi connectivity index (χ1v) is 8.60. The minimum Gasteiger partial charge on any atom is -0.282 e. The maximum atomic E-state index is 4.26. The lowest BCUT2D eigenvalue weighted by atomic mass is 10.0. The number of unbranched alkanes of at least 4 members (excludes halogenated alkanes) is 5. The molecule has 0 unspecified atom stereocenters. The standard InChI is InChI=1S/C18H30N4/c1-13-17(14(2)20-19-13)11-9-7-5-6-8-10-12-18-15(3)21-22-16(18)4/h5-12H2,1-4H3,(H,19,20)(H,21,22). The highest BCUT2D eigenvalue weighted by molar-refractivity contribution is 5.23. The molecule has 0 aliphatic carbocycles. The Hall–Kier alpha value is -1.58. The molecular weight excluding hydrogens is 272 g/mol. The maximum absolute atomic E-state index is 4.26. The zero-order chi connectivity index (χ0) is 15.9. The number of hydrogen-bond donors (Lipinski definition) is 2. The minimum atomic E-state index is 1.17. The van der Waals surface area contributed by atoms with Crippen LogP contribution in [-0.4, -0.2) is 20.4 Å². The van der Waals surface area contributed by atoms with Gasteiger partial charge in [-0.2, -0.15) is 10.2 Å². The molecule has 2 aromatic rings. The molecule has 0 saturated heterocycles. The van der Waals surface area contributed by atoms with Crippen molar-refractivity contribution >= 4 is 0 Å². The van der Waals surface area contributed by atoms with Crippen molar-refractivity contribution in [1.29, 1.82) is 0 Å². The molecular formula is C18H30N4. The minimum absolute atomic E-state index is 1.17. The van der Waals surface area contributed by atoms with Crippen LogP contribution in [-0.2, 0) is 12.8 Å². The lowest BCUT2D eigenvalue weighted by molar-refractivity contribution is 0.592. The number of nitrogens with zero attached hydrogens (tertiary/aromatic N) is 2. The normalized spacial score (nSPS) is 11.3. The maximum Gasteiger partial charge on any atom is 0.0625 e. The summed E-state index contributed by atoms with van der Waals surface area (Å²) in [6.45, 7) is 8.43. The molecule has 0 spiro atoms. The molecule has 0 amide bonds. The summed E-state index contributed by atoms with van der Waals surface area (Å²) in [5.41, 5.74) is 7.66. The summed E-state index contributed by atoms with van der Waals surface area (Å²) in [6, 6.07) is 0. The Morgan fingerprint density at radius 2 is 0.955 bits per heavy atom. The third-order valence-electron chi connectivity index (χ3n) is 4.66. The fraction of sp³-hybridized carbons (Fsp3) is 0.667. The van der Waals surface area contributed by atoms with E-state index >= 15 is 0 Å². The molecule has 0 radical (unpaired) electrons. The number of hydrogen-bond acceptors (Lipinski definition) is 2. The Morgan fingerprint density at radius 3 is 1.27 bits per heavy atom. The van der Waals surface area contributed by atoms with E-state index < -0.39 is 0 Å². The summed E-state index contributed by atoms with van der Waals surface area (Å²) in [7, 11) is 0. The van der Waals surface area contributed by atoms with E-state index in [0.29, 0.717) is 0 Å². The van der Waals surface area contributed by atoms with Crippen LogP contribution in [0, 0.1) is 27.7 Å². The Balaban J connectivity index is 1.53. The quantitative estimate of drug-likeness (QED) is 0.670. The molecule has 0 fully saturated rings. The van der Waals surface area contributed by atoms with E-state index in [4.69, 9.17) is 0 Å². The van der Waals surface area contributed by atoms with E-state index in [2.05, 4.69) is 48.1 Å². The number of aryl methyl sites for hydroxylation is 4. The highest BCUT2D eigenvalue weighted by Crippen LogP contribution is 2.16. The molecule has 0 aliphatic heterocycles. The summed E-state index contributed by atoms with van der Waals surface area (Å²) >= 11 is 0. The van der Waals surface area contributed by atoms with E-state index in [1.54, 1.807) is 0 Å². The van der Waals surface area contributed by atoms with E-state index in [-0.39, 0.29) is 0 Å². The molecule has 0 aliphatic rings. The van der Waals surface area contributed by atoms with Crippen molar-refractivity contribution in [2.75, 3.05) is 0 Å². The molecule has 2 rings (SSSR count). The number of H-pyrrole nitrogens is 2. The third-order valence-corrected chi connectivity index (χ3v) is 4.66. The first-order valence-electron chi connectivity index (χ1n) is 8.60. The van der Waals surface area contributed by atoms with Gasteiger partial charge in [0.2, 0.25) is 0 Å². The summed E-state index contributed by atoms with van der Waals surface area (Å²) in [6.07, 6.45) is 10.2. The van der Waals surface area contributed by atoms with Crippen molar-refractivity contribution in [3.05, 3.63) is 33.9 Å². The monoisotopic (exact) mass is 302 g/mol. The number of nitrogens with one attached hydrogen (secondary N) is 2. The number of aromatic amines is 2. The molecule has 0 saturated carbocycles. The molecule has 0 atom stereocenters. The Morgan fingerprint density at radius 1 is 0.591 bits per heavy atom. The van der Waals surface area contributed by atoms with Gasteiger partial charge in [0.1, 0.15) is 0 Å². The summed E-state index contributed by atoms with van der Waals surface area (Å²) < 4.78 is 0. The Bertz CT molecular complexity index is 489. The SMILES string of the molecule is Cc1n[nH]c(C)c1CCCCCCCCc1c(C)n[nH]c1C. The van der Waals surface area contributed by atoms with Crippen molar-refractivity contribution in [2.24, 2.45) is 0 Å². The zero-order valence-electron chi connectivity index (χ0n) is 14.6. The average Bonchev–Trinajstić information content (AvgIpc) is 2.98. The second-order valence-corrected chi connectivity index (χ2v) is 6.45. The van der Waals surface area contributed by atoms with Gasteiger partial charge in [-0.1, -0.05) is 25.7 Å². The Labute approximate surface area is 134 Å². The predicted octanol–water partition coefficient (Wildman–Crippen LogP) is 4.49. The van der Waals surface area contributed by atoms with Crippen molar-refractivity contribution in [3.63, 3.8) is 0 Å². The van der Waals surface area contributed by atoms with Gasteiger partial charge in [0, 0.05) is 11.4 Å². The van der Waals surface area contributed by atoms with Crippen molar-refractivity contribution in [3.8, 4) is 0 Å². The van der Waals surface area contributed by atoms with Gasteiger partial charge < -0.3 is 0 Å².